The van der Waals surface area contributed by atoms with Gasteiger partial charge in [0, 0.05) is 17.0 Å². The van der Waals surface area contributed by atoms with Crippen LogP contribution < -0.4 is 0 Å². The first-order chi connectivity index (χ1) is 10.0. The minimum atomic E-state index is 0.328. The number of para-hydroxylation sites is 1. The van der Waals surface area contributed by atoms with Gasteiger partial charge in [0.1, 0.15) is 5.75 Å². The molecule has 0 spiro atoms. The van der Waals surface area contributed by atoms with Crippen LogP contribution in [0.5, 0.6) is 5.75 Å². The molecule has 2 rings (SSSR count). The van der Waals surface area contributed by atoms with Gasteiger partial charge in [-0.15, -0.1) is 0 Å². The lowest BCUT2D eigenvalue weighted by Gasteiger charge is -2.02. The van der Waals surface area contributed by atoms with Gasteiger partial charge in [-0.2, -0.15) is 10.2 Å². The molecular weight excluding hydrogens is 260 g/mol. The van der Waals surface area contributed by atoms with Gasteiger partial charge in [-0.1, -0.05) is 48.5 Å². The van der Waals surface area contributed by atoms with Crippen molar-refractivity contribution in [1.29, 1.82) is 0 Å². The van der Waals surface area contributed by atoms with Gasteiger partial charge >= 0.3 is 0 Å². The van der Waals surface area contributed by atoms with Crippen molar-refractivity contribution in [3.05, 3.63) is 54.6 Å². The summed E-state index contributed by atoms with van der Waals surface area (Å²) in [4.78, 5) is 0. The molecule has 1 N–H and O–H groups in total. The number of hydrogen-bond acceptors (Lipinski definition) is 3. The standard InChI is InChI=1S/C12H10O.C6H12N2/c13-12-9-5-4-8-11(12)10-6-2-1-3-7-10;1-5(2)7-8-6(3)4/h1-9,13H;1-4H3. The highest BCUT2D eigenvalue weighted by atomic mass is 16.3. The molecule has 0 aliphatic carbocycles. The maximum absolute atomic E-state index is 9.56. The number of nitrogens with zero attached hydrogens (tertiary/aromatic N) is 2. The summed E-state index contributed by atoms with van der Waals surface area (Å²) in [6, 6.07) is 17.2. The SMILES string of the molecule is CC(C)=NN=C(C)C.Oc1ccccc1-c1ccccc1. The van der Waals surface area contributed by atoms with E-state index < -0.39 is 0 Å². The van der Waals surface area contributed by atoms with Crippen LogP contribution in [-0.4, -0.2) is 16.5 Å². The fraction of sp³-hybridized carbons (Fsp3) is 0.222. The van der Waals surface area contributed by atoms with E-state index in [2.05, 4.69) is 10.2 Å². The van der Waals surface area contributed by atoms with Gasteiger partial charge in [0.2, 0.25) is 0 Å². The van der Waals surface area contributed by atoms with Crippen molar-refractivity contribution < 1.29 is 5.11 Å². The number of phenols is 1. The van der Waals surface area contributed by atoms with Gasteiger partial charge in [0.25, 0.3) is 0 Å². The largest absolute Gasteiger partial charge is 0.507 e. The molecule has 110 valence electrons. The third kappa shape index (κ3) is 6.52. The molecule has 2 aromatic carbocycles. The molecule has 0 fully saturated rings. The molecule has 0 aromatic heterocycles. The first-order valence-corrected chi connectivity index (χ1v) is 6.86. The predicted molar refractivity (Wildman–Crippen MR) is 91.1 cm³/mol. The number of hydrogen-bond donors (Lipinski definition) is 1. The minimum Gasteiger partial charge on any atom is -0.507 e. The highest BCUT2D eigenvalue weighted by Gasteiger charge is 2.00. The van der Waals surface area contributed by atoms with Crippen molar-refractivity contribution in [3.8, 4) is 16.9 Å². The van der Waals surface area contributed by atoms with E-state index in [0.29, 0.717) is 5.75 Å². The molecule has 3 nitrogen and oxygen atoms in total. The van der Waals surface area contributed by atoms with Crippen LogP contribution >= 0.6 is 0 Å². The predicted octanol–water partition coefficient (Wildman–Crippen LogP) is 4.92. The maximum atomic E-state index is 9.56. The molecule has 0 saturated carbocycles. The van der Waals surface area contributed by atoms with Gasteiger partial charge in [0.15, 0.2) is 0 Å². The third-order valence-electron chi connectivity index (χ3n) is 2.44. The summed E-state index contributed by atoms with van der Waals surface area (Å²) < 4.78 is 0. The Balaban J connectivity index is 0.000000240. The Morgan fingerprint density at radius 3 is 1.67 bits per heavy atom. The molecule has 3 heteroatoms. The molecule has 0 aliphatic heterocycles. The van der Waals surface area contributed by atoms with Crippen molar-refractivity contribution in [2.24, 2.45) is 10.2 Å². The molecule has 0 radical (unpaired) electrons. The minimum absolute atomic E-state index is 0.328. The van der Waals surface area contributed by atoms with Crippen LogP contribution in [0.15, 0.2) is 64.8 Å². The second kappa shape index (κ2) is 8.69. The van der Waals surface area contributed by atoms with E-state index in [1.807, 2.05) is 76.2 Å². The lowest BCUT2D eigenvalue weighted by atomic mass is 10.1. The number of rotatable bonds is 2. The Morgan fingerprint density at radius 1 is 0.714 bits per heavy atom. The topological polar surface area (TPSA) is 45.0 Å². The van der Waals surface area contributed by atoms with Crippen molar-refractivity contribution in [1.82, 2.24) is 0 Å². The maximum Gasteiger partial charge on any atom is 0.123 e. The average Bonchev–Trinajstić information content (AvgIpc) is 2.47. The van der Waals surface area contributed by atoms with Crippen LogP contribution in [0, 0.1) is 0 Å². The molecule has 21 heavy (non-hydrogen) atoms. The van der Waals surface area contributed by atoms with Gasteiger partial charge < -0.3 is 5.11 Å². The van der Waals surface area contributed by atoms with Crippen LogP contribution in [-0.2, 0) is 0 Å². The Labute approximate surface area is 126 Å². The quantitative estimate of drug-likeness (QED) is 0.616. The number of benzene rings is 2. The van der Waals surface area contributed by atoms with E-state index in [1.165, 1.54) is 0 Å². The Kier molecular flexibility index (Phi) is 6.88. The Hall–Kier alpha value is -2.42. The number of aromatic hydroxyl groups is 1. The van der Waals surface area contributed by atoms with Crippen LogP contribution in [0.1, 0.15) is 27.7 Å². The lowest BCUT2D eigenvalue weighted by Crippen LogP contribution is -1.81. The van der Waals surface area contributed by atoms with Crippen molar-refractivity contribution in [2.45, 2.75) is 27.7 Å². The smallest absolute Gasteiger partial charge is 0.123 e. The molecule has 0 atom stereocenters. The lowest BCUT2D eigenvalue weighted by molar-refractivity contribution is 0.477. The summed E-state index contributed by atoms with van der Waals surface area (Å²) in [7, 11) is 0. The summed E-state index contributed by atoms with van der Waals surface area (Å²) in [5.74, 6) is 0.328. The summed E-state index contributed by atoms with van der Waals surface area (Å²) in [5, 5.41) is 17.2. The molecule has 0 heterocycles. The fourth-order valence-corrected chi connectivity index (χ4v) is 1.54. The zero-order chi connectivity index (χ0) is 15.7. The van der Waals surface area contributed by atoms with Gasteiger partial charge in [0.05, 0.1) is 0 Å². The molecule has 0 amide bonds. The molecule has 0 unspecified atom stereocenters. The van der Waals surface area contributed by atoms with Crippen LogP contribution in [0.4, 0.5) is 0 Å². The van der Waals surface area contributed by atoms with E-state index in [4.69, 9.17) is 0 Å². The Morgan fingerprint density at radius 2 is 1.19 bits per heavy atom. The normalized spacial score (nSPS) is 9.14. The molecule has 2 aromatic rings. The average molecular weight is 282 g/mol. The zero-order valence-electron chi connectivity index (χ0n) is 13.0. The third-order valence-corrected chi connectivity index (χ3v) is 2.44. The van der Waals surface area contributed by atoms with Crippen molar-refractivity contribution in [3.63, 3.8) is 0 Å². The first-order valence-electron chi connectivity index (χ1n) is 6.86. The summed E-state index contributed by atoms with van der Waals surface area (Å²) in [6.07, 6.45) is 0. The molecule has 0 bridgehead atoms. The number of phenolic OH excluding ortho intramolecular Hbond substituents is 1. The summed E-state index contributed by atoms with van der Waals surface area (Å²) in [5.41, 5.74) is 3.90. The van der Waals surface area contributed by atoms with E-state index in [0.717, 1.165) is 22.6 Å². The van der Waals surface area contributed by atoms with Gasteiger partial charge in [-0.25, -0.2) is 0 Å². The monoisotopic (exact) mass is 282 g/mol. The second-order valence-corrected chi connectivity index (χ2v) is 4.98. The Bertz CT molecular complexity index is 592. The molecule has 0 aliphatic rings. The van der Waals surface area contributed by atoms with Crippen LogP contribution in [0.25, 0.3) is 11.1 Å². The van der Waals surface area contributed by atoms with Gasteiger partial charge in [-0.05, 0) is 39.3 Å². The second-order valence-electron chi connectivity index (χ2n) is 4.98. The van der Waals surface area contributed by atoms with E-state index in [9.17, 15) is 5.11 Å². The van der Waals surface area contributed by atoms with E-state index in [1.54, 1.807) is 6.07 Å². The molecule has 0 saturated heterocycles. The highest BCUT2D eigenvalue weighted by molar-refractivity contribution is 5.82. The van der Waals surface area contributed by atoms with Gasteiger partial charge in [-0.3, -0.25) is 0 Å². The zero-order valence-corrected chi connectivity index (χ0v) is 13.0. The van der Waals surface area contributed by atoms with E-state index in [-0.39, 0.29) is 0 Å². The highest BCUT2D eigenvalue weighted by Crippen LogP contribution is 2.27. The van der Waals surface area contributed by atoms with E-state index >= 15 is 0 Å². The fourth-order valence-electron chi connectivity index (χ4n) is 1.54. The van der Waals surface area contributed by atoms with Crippen LogP contribution in [0.2, 0.25) is 0 Å². The van der Waals surface area contributed by atoms with Crippen molar-refractivity contribution >= 4 is 11.4 Å². The van der Waals surface area contributed by atoms with Crippen molar-refractivity contribution in [2.75, 3.05) is 0 Å². The molecular formula is C18H22N2O. The summed E-state index contributed by atoms with van der Waals surface area (Å²) in [6.45, 7) is 7.69. The first kappa shape index (κ1) is 16.6. The summed E-state index contributed by atoms with van der Waals surface area (Å²) >= 11 is 0. The van der Waals surface area contributed by atoms with Crippen LogP contribution in [0.3, 0.4) is 0 Å².